The Morgan fingerprint density at radius 1 is 0.800 bits per heavy atom. The molecule has 15 heavy (non-hydrogen) atoms. The normalized spacial score (nSPS) is 12.5. The molecule has 2 heteroatoms. The van der Waals surface area contributed by atoms with Crippen LogP contribution in [-0.2, 0) is 0 Å². The summed E-state index contributed by atoms with van der Waals surface area (Å²) in [5, 5.41) is 8.09. The van der Waals surface area contributed by atoms with Crippen molar-refractivity contribution in [2.75, 3.05) is 0 Å². The Hall–Kier alpha value is -1.41. The van der Waals surface area contributed by atoms with Gasteiger partial charge < -0.3 is 0 Å². The van der Waals surface area contributed by atoms with E-state index in [1.165, 1.54) is 11.1 Å². The highest BCUT2D eigenvalue weighted by Crippen LogP contribution is 2.37. The Balaban J connectivity index is 2.38. The molecule has 0 radical (unpaired) electrons. The first-order chi connectivity index (χ1) is 7.27. The van der Waals surface area contributed by atoms with Crippen LogP contribution >= 0.6 is 15.9 Å². The summed E-state index contributed by atoms with van der Waals surface area (Å²) in [5.74, 6) is 0. The van der Waals surface area contributed by atoms with E-state index in [2.05, 4.69) is 28.1 Å². The minimum absolute atomic E-state index is 0.627. The number of hydrogen-bond acceptors (Lipinski definition) is 1. The molecule has 0 heterocycles. The molecule has 0 saturated heterocycles. The minimum Gasteiger partial charge on any atom is -0.300 e. The van der Waals surface area contributed by atoms with Gasteiger partial charge in [-0.3, -0.25) is 5.41 Å². The Morgan fingerprint density at radius 3 is 2.27 bits per heavy atom. The van der Waals surface area contributed by atoms with Crippen LogP contribution in [0.1, 0.15) is 11.1 Å². The lowest BCUT2D eigenvalue weighted by Crippen LogP contribution is -1.94. The smallest absolute Gasteiger partial charge is 0.0697 e. The number of fused-ring (bicyclic) bond motifs is 3. The fourth-order valence-electron chi connectivity index (χ4n) is 2.04. The first kappa shape index (κ1) is 8.86. The lowest BCUT2D eigenvalue weighted by atomic mass is 10.1. The quantitative estimate of drug-likeness (QED) is 0.633. The van der Waals surface area contributed by atoms with E-state index in [0.717, 1.165) is 15.6 Å². The van der Waals surface area contributed by atoms with Gasteiger partial charge in [-0.25, -0.2) is 0 Å². The van der Waals surface area contributed by atoms with Gasteiger partial charge in [-0.2, -0.15) is 0 Å². The molecule has 0 spiro atoms. The molecule has 0 fully saturated rings. The maximum Gasteiger partial charge on any atom is 0.0697 e. The Kier molecular flexibility index (Phi) is 1.80. The van der Waals surface area contributed by atoms with E-state index < -0.39 is 0 Å². The summed E-state index contributed by atoms with van der Waals surface area (Å²) in [4.78, 5) is 0. The molecule has 1 N–H and O–H groups in total. The van der Waals surface area contributed by atoms with E-state index in [9.17, 15) is 0 Å². The second kappa shape index (κ2) is 3.04. The SMILES string of the molecule is N=C1c2ccccc2-c2ccc(Br)cc21. The van der Waals surface area contributed by atoms with Crippen molar-refractivity contribution in [1.29, 1.82) is 5.41 Å². The molecule has 1 aliphatic rings. The molecular weight excluding hydrogens is 250 g/mol. The van der Waals surface area contributed by atoms with E-state index in [4.69, 9.17) is 5.41 Å². The molecule has 0 aromatic heterocycles. The van der Waals surface area contributed by atoms with Crippen molar-refractivity contribution >= 4 is 21.6 Å². The number of hydrogen-bond donors (Lipinski definition) is 1. The van der Waals surface area contributed by atoms with Gasteiger partial charge in [0.1, 0.15) is 0 Å². The number of halogens is 1. The van der Waals surface area contributed by atoms with Crippen LogP contribution in [0.15, 0.2) is 46.9 Å². The summed E-state index contributed by atoms with van der Waals surface area (Å²) < 4.78 is 1.03. The van der Waals surface area contributed by atoms with Crippen LogP contribution in [0.4, 0.5) is 0 Å². The van der Waals surface area contributed by atoms with Gasteiger partial charge in [-0.15, -0.1) is 0 Å². The largest absolute Gasteiger partial charge is 0.300 e. The minimum atomic E-state index is 0.627. The lowest BCUT2D eigenvalue weighted by molar-refractivity contribution is 1.49. The Labute approximate surface area is 96.4 Å². The van der Waals surface area contributed by atoms with Crippen LogP contribution in [0.2, 0.25) is 0 Å². The number of rotatable bonds is 0. The van der Waals surface area contributed by atoms with Crippen molar-refractivity contribution in [2.24, 2.45) is 0 Å². The summed E-state index contributed by atoms with van der Waals surface area (Å²) >= 11 is 3.44. The summed E-state index contributed by atoms with van der Waals surface area (Å²) in [7, 11) is 0. The molecule has 0 aliphatic heterocycles. The Morgan fingerprint density at radius 2 is 1.47 bits per heavy atom. The molecule has 0 bridgehead atoms. The third kappa shape index (κ3) is 1.18. The fraction of sp³-hybridized carbons (Fsp3) is 0. The Bertz CT molecular complexity index is 572. The van der Waals surface area contributed by atoms with Gasteiger partial charge in [0.15, 0.2) is 0 Å². The predicted octanol–water partition coefficient (Wildman–Crippen LogP) is 3.85. The van der Waals surface area contributed by atoms with Crippen molar-refractivity contribution in [1.82, 2.24) is 0 Å². The molecule has 72 valence electrons. The van der Waals surface area contributed by atoms with Gasteiger partial charge in [0.05, 0.1) is 5.71 Å². The molecule has 0 atom stereocenters. The molecule has 0 unspecified atom stereocenters. The third-order valence-corrected chi connectivity index (χ3v) is 3.23. The van der Waals surface area contributed by atoms with Crippen LogP contribution in [0.25, 0.3) is 11.1 Å². The van der Waals surface area contributed by atoms with Crippen molar-refractivity contribution in [3.05, 3.63) is 58.1 Å². The van der Waals surface area contributed by atoms with Crippen molar-refractivity contribution in [2.45, 2.75) is 0 Å². The number of benzene rings is 2. The maximum atomic E-state index is 8.09. The highest BCUT2D eigenvalue weighted by Gasteiger charge is 2.22. The second-order valence-corrected chi connectivity index (χ2v) is 4.53. The zero-order chi connectivity index (χ0) is 10.4. The van der Waals surface area contributed by atoms with Crippen LogP contribution in [0.3, 0.4) is 0 Å². The van der Waals surface area contributed by atoms with Crippen LogP contribution < -0.4 is 0 Å². The van der Waals surface area contributed by atoms with Crippen LogP contribution in [0, 0.1) is 5.41 Å². The highest BCUT2D eigenvalue weighted by atomic mass is 79.9. The third-order valence-electron chi connectivity index (χ3n) is 2.74. The monoisotopic (exact) mass is 257 g/mol. The summed E-state index contributed by atoms with van der Waals surface area (Å²) in [6.45, 7) is 0. The predicted molar refractivity (Wildman–Crippen MR) is 65.5 cm³/mol. The molecule has 1 aliphatic carbocycles. The first-order valence-electron chi connectivity index (χ1n) is 4.75. The van der Waals surface area contributed by atoms with Crippen LogP contribution in [0.5, 0.6) is 0 Å². The summed E-state index contributed by atoms with van der Waals surface area (Å²) in [6, 6.07) is 14.2. The van der Waals surface area contributed by atoms with Gasteiger partial charge >= 0.3 is 0 Å². The molecular formula is C13H8BrN. The van der Waals surface area contributed by atoms with E-state index in [-0.39, 0.29) is 0 Å². The first-order valence-corrected chi connectivity index (χ1v) is 5.55. The van der Waals surface area contributed by atoms with Crippen molar-refractivity contribution in [3.8, 4) is 11.1 Å². The standard InChI is InChI=1S/C13H8BrN/c14-8-5-6-10-9-3-1-2-4-11(9)13(15)12(10)7-8/h1-7,15H. The van der Waals surface area contributed by atoms with E-state index in [0.29, 0.717) is 5.71 Å². The van der Waals surface area contributed by atoms with Gasteiger partial charge in [0, 0.05) is 15.6 Å². The summed E-state index contributed by atoms with van der Waals surface area (Å²) in [5.41, 5.74) is 5.02. The van der Waals surface area contributed by atoms with Crippen molar-refractivity contribution < 1.29 is 0 Å². The molecule has 1 nitrogen and oxygen atoms in total. The van der Waals surface area contributed by atoms with Gasteiger partial charge in [-0.1, -0.05) is 46.3 Å². The maximum absolute atomic E-state index is 8.09. The van der Waals surface area contributed by atoms with E-state index >= 15 is 0 Å². The second-order valence-electron chi connectivity index (χ2n) is 3.61. The molecule has 2 aromatic carbocycles. The fourth-order valence-corrected chi connectivity index (χ4v) is 2.40. The van der Waals surface area contributed by atoms with E-state index in [1.54, 1.807) is 0 Å². The van der Waals surface area contributed by atoms with Gasteiger partial charge in [-0.05, 0) is 23.3 Å². The highest BCUT2D eigenvalue weighted by molar-refractivity contribution is 9.10. The average Bonchev–Trinajstić information content (AvgIpc) is 2.54. The van der Waals surface area contributed by atoms with Crippen LogP contribution in [-0.4, -0.2) is 5.71 Å². The molecule has 2 aromatic rings. The summed E-state index contributed by atoms with van der Waals surface area (Å²) in [6.07, 6.45) is 0. The zero-order valence-corrected chi connectivity index (χ0v) is 9.51. The molecule has 0 saturated carbocycles. The lowest BCUT2D eigenvalue weighted by Gasteiger charge is -1.99. The molecule has 3 rings (SSSR count). The van der Waals surface area contributed by atoms with Crippen molar-refractivity contribution in [3.63, 3.8) is 0 Å². The topological polar surface area (TPSA) is 23.9 Å². The number of nitrogens with one attached hydrogen (secondary N) is 1. The average molecular weight is 258 g/mol. The van der Waals surface area contributed by atoms with E-state index in [1.807, 2.05) is 30.3 Å². The van der Waals surface area contributed by atoms with Gasteiger partial charge in [0.25, 0.3) is 0 Å². The van der Waals surface area contributed by atoms with Gasteiger partial charge in [0.2, 0.25) is 0 Å². The zero-order valence-electron chi connectivity index (χ0n) is 7.92. The molecule has 0 amide bonds.